The average Bonchev–Trinajstić information content (AvgIpc) is 2.57. The van der Waals surface area contributed by atoms with Crippen LogP contribution in [0.5, 0.6) is 0 Å². The Morgan fingerprint density at radius 2 is 1.79 bits per heavy atom. The van der Waals surface area contributed by atoms with Crippen LogP contribution in [0.25, 0.3) is 0 Å². The normalized spacial score (nSPS) is 10.5. The lowest BCUT2D eigenvalue weighted by atomic mass is 10.2. The van der Waals surface area contributed by atoms with Crippen LogP contribution in [-0.2, 0) is 0 Å². The fraction of sp³-hybridized carbons (Fsp3) is 0.353. The second-order valence-corrected chi connectivity index (χ2v) is 5.35. The fourth-order valence-electron chi connectivity index (χ4n) is 2.26. The quantitative estimate of drug-likeness (QED) is 0.837. The van der Waals surface area contributed by atoms with E-state index in [9.17, 15) is 13.6 Å². The second kappa shape index (κ2) is 8.33. The molecule has 7 heteroatoms. The summed E-state index contributed by atoms with van der Waals surface area (Å²) in [6, 6.07) is 6.28. The molecule has 0 unspecified atom stereocenters. The summed E-state index contributed by atoms with van der Waals surface area (Å²) >= 11 is 0. The number of amides is 1. The number of halogens is 2. The number of hydrogen-bond acceptors (Lipinski definition) is 4. The van der Waals surface area contributed by atoms with E-state index in [4.69, 9.17) is 0 Å². The molecule has 0 fully saturated rings. The maximum atomic E-state index is 13.6. The summed E-state index contributed by atoms with van der Waals surface area (Å²) in [6.45, 7) is 5.34. The van der Waals surface area contributed by atoms with E-state index >= 15 is 0 Å². The molecule has 0 saturated carbocycles. The number of nitrogens with one attached hydrogen (secondary N) is 1. The van der Waals surface area contributed by atoms with Gasteiger partial charge < -0.3 is 10.2 Å². The Bertz CT molecular complexity index is 685. The Labute approximate surface area is 139 Å². The summed E-state index contributed by atoms with van der Waals surface area (Å²) in [5.74, 6) is -1.29. The summed E-state index contributed by atoms with van der Waals surface area (Å²) in [6.07, 6.45) is 1.73. The lowest BCUT2D eigenvalue weighted by molar-refractivity contribution is 0.0748. The molecule has 2 rings (SSSR count). The van der Waals surface area contributed by atoms with Crippen LogP contribution >= 0.6 is 0 Å². The third-order valence-electron chi connectivity index (χ3n) is 3.35. The topological polar surface area (TPSA) is 58.1 Å². The van der Waals surface area contributed by atoms with Gasteiger partial charge in [0.05, 0.1) is 5.69 Å². The van der Waals surface area contributed by atoms with Crippen molar-refractivity contribution >= 4 is 17.4 Å². The van der Waals surface area contributed by atoms with Gasteiger partial charge in [0, 0.05) is 19.2 Å². The molecule has 0 aliphatic rings. The largest absolute Gasteiger partial charge is 0.337 e. The summed E-state index contributed by atoms with van der Waals surface area (Å²) in [5.41, 5.74) is 0.324. The highest BCUT2D eigenvalue weighted by Gasteiger charge is 2.16. The SMILES string of the molecule is CCCN(CCC)C(=O)c1ccc(Nc2ccc(F)cc2F)nn1. The molecule has 1 heterocycles. The summed E-state index contributed by atoms with van der Waals surface area (Å²) in [7, 11) is 0. The van der Waals surface area contributed by atoms with Crippen LogP contribution in [0.3, 0.4) is 0 Å². The van der Waals surface area contributed by atoms with Gasteiger partial charge in [-0.05, 0) is 37.1 Å². The molecule has 0 aliphatic heterocycles. The average molecular weight is 334 g/mol. The molecule has 0 saturated heterocycles. The number of carbonyl (C=O) groups excluding carboxylic acids is 1. The van der Waals surface area contributed by atoms with Gasteiger partial charge in [-0.3, -0.25) is 4.79 Å². The maximum Gasteiger partial charge on any atom is 0.274 e. The molecular formula is C17H20F2N4O. The number of aromatic nitrogens is 2. The lowest BCUT2D eigenvalue weighted by Gasteiger charge is -2.20. The van der Waals surface area contributed by atoms with E-state index in [2.05, 4.69) is 15.5 Å². The van der Waals surface area contributed by atoms with Crippen molar-refractivity contribution in [1.29, 1.82) is 0 Å². The molecule has 0 spiro atoms. The first-order valence-electron chi connectivity index (χ1n) is 7.90. The Hall–Kier alpha value is -2.57. The van der Waals surface area contributed by atoms with Crippen molar-refractivity contribution in [2.45, 2.75) is 26.7 Å². The molecule has 1 aromatic carbocycles. The molecule has 5 nitrogen and oxygen atoms in total. The first-order chi connectivity index (χ1) is 11.5. The standard InChI is InChI=1S/C17H20F2N4O/c1-3-9-23(10-4-2)17(24)15-7-8-16(22-21-15)20-14-6-5-12(18)11-13(14)19/h5-8,11H,3-4,9-10H2,1-2H3,(H,20,22). The second-order valence-electron chi connectivity index (χ2n) is 5.35. The molecule has 24 heavy (non-hydrogen) atoms. The van der Waals surface area contributed by atoms with E-state index in [1.807, 2.05) is 13.8 Å². The fourth-order valence-corrected chi connectivity index (χ4v) is 2.26. The van der Waals surface area contributed by atoms with E-state index in [1.165, 1.54) is 12.1 Å². The van der Waals surface area contributed by atoms with E-state index < -0.39 is 11.6 Å². The molecule has 128 valence electrons. The van der Waals surface area contributed by atoms with Gasteiger partial charge in [0.1, 0.15) is 11.6 Å². The van der Waals surface area contributed by atoms with Crippen molar-refractivity contribution in [3.63, 3.8) is 0 Å². The van der Waals surface area contributed by atoms with Crippen LogP contribution in [-0.4, -0.2) is 34.1 Å². The molecule has 1 amide bonds. The van der Waals surface area contributed by atoms with E-state index in [0.717, 1.165) is 25.0 Å². The zero-order chi connectivity index (χ0) is 17.5. The number of benzene rings is 1. The number of hydrogen-bond donors (Lipinski definition) is 1. The Morgan fingerprint density at radius 1 is 1.08 bits per heavy atom. The lowest BCUT2D eigenvalue weighted by Crippen LogP contribution is -2.33. The summed E-state index contributed by atoms with van der Waals surface area (Å²) < 4.78 is 26.5. The van der Waals surface area contributed by atoms with Crippen molar-refractivity contribution in [3.05, 3.63) is 47.7 Å². The molecule has 1 aromatic heterocycles. The Morgan fingerprint density at radius 3 is 2.33 bits per heavy atom. The molecule has 2 aromatic rings. The molecule has 0 bridgehead atoms. The third-order valence-corrected chi connectivity index (χ3v) is 3.35. The summed E-state index contributed by atoms with van der Waals surface area (Å²) in [4.78, 5) is 14.1. The van der Waals surface area contributed by atoms with Crippen molar-refractivity contribution in [3.8, 4) is 0 Å². The van der Waals surface area contributed by atoms with Gasteiger partial charge in [0.15, 0.2) is 11.5 Å². The van der Waals surface area contributed by atoms with Gasteiger partial charge in [-0.25, -0.2) is 8.78 Å². The smallest absolute Gasteiger partial charge is 0.274 e. The first-order valence-corrected chi connectivity index (χ1v) is 7.90. The van der Waals surface area contributed by atoms with E-state index in [0.29, 0.717) is 13.1 Å². The van der Waals surface area contributed by atoms with Gasteiger partial charge in [-0.2, -0.15) is 0 Å². The minimum atomic E-state index is -0.728. The highest BCUT2D eigenvalue weighted by Crippen LogP contribution is 2.19. The predicted molar refractivity (Wildman–Crippen MR) is 88.2 cm³/mol. The van der Waals surface area contributed by atoms with Crippen LogP contribution in [0.1, 0.15) is 37.2 Å². The van der Waals surface area contributed by atoms with Crippen molar-refractivity contribution < 1.29 is 13.6 Å². The van der Waals surface area contributed by atoms with Crippen molar-refractivity contribution in [1.82, 2.24) is 15.1 Å². The molecule has 0 aliphatic carbocycles. The Kier molecular flexibility index (Phi) is 6.17. The van der Waals surface area contributed by atoms with Gasteiger partial charge in [0.2, 0.25) is 0 Å². The highest BCUT2D eigenvalue weighted by atomic mass is 19.1. The third kappa shape index (κ3) is 4.47. The highest BCUT2D eigenvalue weighted by molar-refractivity contribution is 5.92. The number of anilines is 2. The zero-order valence-electron chi connectivity index (χ0n) is 13.7. The number of nitrogens with zero attached hydrogens (tertiary/aromatic N) is 3. The molecule has 0 atom stereocenters. The summed E-state index contributed by atoms with van der Waals surface area (Å²) in [5, 5.41) is 10.5. The zero-order valence-corrected chi connectivity index (χ0v) is 13.7. The minimum absolute atomic E-state index is 0.0865. The van der Waals surface area contributed by atoms with Gasteiger partial charge in [-0.15, -0.1) is 10.2 Å². The number of carbonyl (C=O) groups is 1. The first kappa shape index (κ1) is 17.8. The van der Waals surface area contributed by atoms with Crippen LogP contribution in [0.15, 0.2) is 30.3 Å². The monoisotopic (exact) mass is 334 g/mol. The van der Waals surface area contributed by atoms with Gasteiger partial charge in [-0.1, -0.05) is 13.8 Å². The number of rotatable bonds is 7. The van der Waals surface area contributed by atoms with Crippen LogP contribution in [0, 0.1) is 11.6 Å². The van der Waals surface area contributed by atoms with E-state index in [1.54, 1.807) is 11.0 Å². The maximum absolute atomic E-state index is 13.6. The van der Waals surface area contributed by atoms with Crippen LogP contribution in [0.4, 0.5) is 20.3 Å². The van der Waals surface area contributed by atoms with Crippen molar-refractivity contribution in [2.75, 3.05) is 18.4 Å². The van der Waals surface area contributed by atoms with Crippen molar-refractivity contribution in [2.24, 2.45) is 0 Å². The Balaban J connectivity index is 2.10. The molecule has 0 radical (unpaired) electrons. The molecular weight excluding hydrogens is 314 g/mol. The van der Waals surface area contributed by atoms with Gasteiger partial charge >= 0.3 is 0 Å². The van der Waals surface area contributed by atoms with E-state index in [-0.39, 0.29) is 23.1 Å². The van der Waals surface area contributed by atoms with Crippen LogP contribution in [0.2, 0.25) is 0 Å². The predicted octanol–water partition coefficient (Wildman–Crippen LogP) is 3.76. The van der Waals surface area contributed by atoms with Gasteiger partial charge in [0.25, 0.3) is 5.91 Å². The minimum Gasteiger partial charge on any atom is -0.337 e. The molecule has 1 N–H and O–H groups in total. The van der Waals surface area contributed by atoms with Crippen LogP contribution < -0.4 is 5.32 Å².